The van der Waals surface area contributed by atoms with E-state index in [0.717, 1.165) is 34.2 Å². The number of dihydropyridines is 1. The van der Waals surface area contributed by atoms with Gasteiger partial charge in [-0.05, 0) is 36.1 Å². The van der Waals surface area contributed by atoms with E-state index in [4.69, 9.17) is 9.73 Å². The molecule has 0 amide bonds. The van der Waals surface area contributed by atoms with Crippen LogP contribution in [0.25, 0.3) is 10.8 Å². The maximum atomic E-state index is 6.08. The van der Waals surface area contributed by atoms with Gasteiger partial charge in [0.05, 0.1) is 17.1 Å². The first-order chi connectivity index (χ1) is 19.7. The molecule has 0 aromatic heterocycles. The fourth-order valence-corrected chi connectivity index (χ4v) is 5.17. The lowest BCUT2D eigenvalue weighted by Crippen LogP contribution is -2.36. The predicted octanol–water partition coefficient (Wildman–Crippen LogP) is 7.75. The number of fused-ring (bicyclic) bond motifs is 4. The molecular weight excluding hydrogens is 492 g/mol. The van der Waals surface area contributed by atoms with Crippen LogP contribution in [0.3, 0.4) is 0 Å². The molecule has 3 aliphatic rings. The number of aliphatic imine (C=N–C) groups is 1. The van der Waals surface area contributed by atoms with E-state index in [1.807, 2.05) is 49.4 Å². The van der Waals surface area contributed by atoms with Gasteiger partial charge in [-0.25, -0.2) is 0 Å². The molecule has 0 saturated heterocycles. The van der Waals surface area contributed by atoms with E-state index in [0.29, 0.717) is 6.54 Å². The zero-order valence-electron chi connectivity index (χ0n) is 22.5. The average molecular weight is 525 g/mol. The van der Waals surface area contributed by atoms with Crippen LogP contribution in [0.5, 0.6) is 5.75 Å². The van der Waals surface area contributed by atoms with Crippen molar-refractivity contribution in [3.63, 3.8) is 0 Å². The van der Waals surface area contributed by atoms with E-state index in [1.165, 1.54) is 21.9 Å². The second-order valence-corrected chi connectivity index (χ2v) is 9.73. The largest absolute Gasteiger partial charge is 0.463 e. The first kappa shape index (κ1) is 25.3. The molecule has 3 N–H and O–H groups in total. The zero-order chi connectivity index (χ0) is 27.3. The monoisotopic (exact) mass is 524 g/mol. The van der Waals surface area contributed by atoms with E-state index in [1.54, 1.807) is 6.08 Å². The highest BCUT2D eigenvalue weighted by atomic mass is 16.5. The number of nitrogens with zero attached hydrogens (tertiary/aromatic N) is 1. The summed E-state index contributed by atoms with van der Waals surface area (Å²) in [4.78, 5) is 5.20. The summed E-state index contributed by atoms with van der Waals surface area (Å²) in [7, 11) is 0. The number of rotatable bonds is 4. The number of ether oxygens (including phenoxy) is 1. The standard InChI is InChI=1S/C30H24N4O.C5H8/c1-2-9-20(10-3-1)27-23-16-14-19-8-4-5-11-22(19)28(23)34-29(33-27)21-15-17-25(31-18-21)30-32-24-12-6-7-13-26(24)35-30;1-3-5-4-2/h1-17,27,30-32H,18H2,(H,33,34);3-5H,1H2,2H3/b;5-4-. The Labute approximate surface area is 235 Å². The molecule has 0 saturated carbocycles. The van der Waals surface area contributed by atoms with Gasteiger partial charge in [-0.15, -0.1) is 0 Å². The van der Waals surface area contributed by atoms with E-state index >= 15 is 0 Å². The van der Waals surface area contributed by atoms with Crippen molar-refractivity contribution in [2.24, 2.45) is 4.99 Å². The third kappa shape index (κ3) is 5.02. The fourth-order valence-electron chi connectivity index (χ4n) is 5.17. The average Bonchev–Trinajstić information content (AvgIpc) is 3.46. The van der Waals surface area contributed by atoms with Crippen LogP contribution in [-0.2, 0) is 0 Å². The van der Waals surface area contributed by atoms with Crippen molar-refractivity contribution in [1.82, 2.24) is 5.32 Å². The molecule has 0 bridgehead atoms. The van der Waals surface area contributed by atoms with Gasteiger partial charge in [0, 0.05) is 23.1 Å². The molecular formula is C35H32N4O. The molecule has 7 rings (SSSR count). The Balaban J connectivity index is 0.000000534. The normalized spacial score (nSPS) is 18.8. The Morgan fingerprint density at radius 3 is 2.45 bits per heavy atom. The number of amidine groups is 1. The summed E-state index contributed by atoms with van der Waals surface area (Å²) in [6.45, 7) is 6.09. The summed E-state index contributed by atoms with van der Waals surface area (Å²) in [6, 6.07) is 31.4. The van der Waals surface area contributed by atoms with Gasteiger partial charge in [-0.1, -0.05) is 110 Å². The van der Waals surface area contributed by atoms with E-state index < -0.39 is 0 Å². The van der Waals surface area contributed by atoms with Gasteiger partial charge < -0.3 is 20.7 Å². The fraction of sp³-hybridized carbons (Fsp3) is 0.114. The van der Waals surface area contributed by atoms with Gasteiger partial charge in [0.15, 0.2) is 0 Å². The SMILES string of the molecule is C1=C(C2=NC(c3ccccc3)c3ccc4ccccc4c3N2)CNC(C2Nc3ccccc3O2)=C1.C=C/C=C\C. The molecule has 198 valence electrons. The minimum Gasteiger partial charge on any atom is -0.463 e. The van der Waals surface area contributed by atoms with Crippen molar-refractivity contribution < 1.29 is 4.74 Å². The molecule has 40 heavy (non-hydrogen) atoms. The molecule has 4 aromatic rings. The molecule has 4 aromatic carbocycles. The number of hydrogen-bond acceptors (Lipinski definition) is 5. The summed E-state index contributed by atoms with van der Waals surface area (Å²) in [5, 5.41) is 13.1. The quantitative estimate of drug-likeness (QED) is 0.239. The Bertz CT molecular complexity index is 1640. The smallest absolute Gasteiger partial charge is 0.211 e. The number of hydrogen-bond donors (Lipinski definition) is 3. The second kappa shape index (κ2) is 11.4. The zero-order valence-corrected chi connectivity index (χ0v) is 22.5. The van der Waals surface area contributed by atoms with Gasteiger partial charge in [-0.2, -0.15) is 0 Å². The van der Waals surface area contributed by atoms with Crippen molar-refractivity contribution in [1.29, 1.82) is 0 Å². The third-order valence-electron chi connectivity index (χ3n) is 7.15. The molecule has 0 fully saturated rings. The molecule has 2 unspecified atom stereocenters. The van der Waals surface area contributed by atoms with Gasteiger partial charge in [0.2, 0.25) is 6.23 Å². The first-order valence-corrected chi connectivity index (χ1v) is 13.6. The third-order valence-corrected chi connectivity index (χ3v) is 7.15. The van der Waals surface area contributed by atoms with Crippen LogP contribution in [0.2, 0.25) is 0 Å². The predicted molar refractivity (Wildman–Crippen MR) is 167 cm³/mol. The maximum absolute atomic E-state index is 6.08. The minimum atomic E-state index is -0.215. The Morgan fingerprint density at radius 2 is 1.70 bits per heavy atom. The summed E-state index contributed by atoms with van der Waals surface area (Å²) in [6.07, 6.45) is 9.59. The molecule has 0 radical (unpaired) electrons. The Hall–Kier alpha value is -5.03. The second-order valence-electron chi connectivity index (χ2n) is 9.73. The van der Waals surface area contributed by atoms with Gasteiger partial charge in [0.1, 0.15) is 17.6 Å². The molecule has 0 spiro atoms. The lowest BCUT2D eigenvalue weighted by atomic mass is 9.92. The van der Waals surface area contributed by atoms with Crippen molar-refractivity contribution in [3.8, 4) is 5.75 Å². The topological polar surface area (TPSA) is 57.7 Å². The van der Waals surface area contributed by atoms with Gasteiger partial charge >= 0.3 is 0 Å². The maximum Gasteiger partial charge on any atom is 0.211 e. The van der Waals surface area contributed by atoms with Crippen LogP contribution in [-0.4, -0.2) is 18.6 Å². The van der Waals surface area contributed by atoms with Crippen molar-refractivity contribution >= 4 is 28.0 Å². The Kier molecular flexibility index (Phi) is 7.18. The molecule has 3 aliphatic heterocycles. The van der Waals surface area contributed by atoms with Gasteiger partial charge in [0.25, 0.3) is 0 Å². The van der Waals surface area contributed by atoms with Crippen LogP contribution in [0.4, 0.5) is 11.4 Å². The molecule has 5 nitrogen and oxygen atoms in total. The van der Waals surface area contributed by atoms with Crippen molar-refractivity contribution in [2.75, 3.05) is 17.2 Å². The van der Waals surface area contributed by atoms with Crippen LogP contribution >= 0.6 is 0 Å². The minimum absolute atomic E-state index is 0.0623. The summed E-state index contributed by atoms with van der Waals surface area (Å²) < 4.78 is 6.08. The number of benzene rings is 4. The molecule has 3 heterocycles. The highest BCUT2D eigenvalue weighted by Crippen LogP contribution is 2.40. The molecule has 0 aliphatic carbocycles. The summed E-state index contributed by atoms with van der Waals surface area (Å²) >= 11 is 0. The highest BCUT2D eigenvalue weighted by molar-refractivity contribution is 6.14. The molecule has 5 heteroatoms. The lowest BCUT2D eigenvalue weighted by molar-refractivity contribution is 0.280. The number of allylic oxidation sites excluding steroid dienone is 5. The van der Waals surface area contributed by atoms with Crippen molar-refractivity contribution in [3.05, 3.63) is 150 Å². The van der Waals surface area contributed by atoms with Gasteiger partial charge in [-0.3, -0.25) is 4.99 Å². The summed E-state index contributed by atoms with van der Waals surface area (Å²) in [5.41, 5.74) is 6.65. The summed E-state index contributed by atoms with van der Waals surface area (Å²) in [5.74, 6) is 1.77. The number of para-hydroxylation sites is 2. The van der Waals surface area contributed by atoms with Crippen LogP contribution in [0.1, 0.15) is 24.1 Å². The van der Waals surface area contributed by atoms with Crippen LogP contribution < -0.4 is 20.7 Å². The van der Waals surface area contributed by atoms with E-state index in [-0.39, 0.29) is 12.3 Å². The van der Waals surface area contributed by atoms with E-state index in [2.05, 4.69) is 95.3 Å². The highest BCUT2D eigenvalue weighted by Gasteiger charge is 2.29. The Morgan fingerprint density at radius 1 is 0.900 bits per heavy atom. The lowest BCUT2D eigenvalue weighted by Gasteiger charge is -2.29. The molecule has 2 atom stereocenters. The van der Waals surface area contributed by atoms with Crippen molar-refractivity contribution in [2.45, 2.75) is 19.2 Å². The first-order valence-electron chi connectivity index (χ1n) is 13.6. The number of anilines is 2. The number of nitrogens with one attached hydrogen (secondary N) is 3. The van der Waals surface area contributed by atoms with Crippen LogP contribution in [0.15, 0.2) is 144 Å². The van der Waals surface area contributed by atoms with Crippen LogP contribution in [0, 0.1) is 0 Å². The van der Waals surface area contributed by atoms with E-state index in [9.17, 15) is 0 Å².